The van der Waals surface area contributed by atoms with Crippen LogP contribution >= 0.6 is 11.6 Å². The third-order valence-electron chi connectivity index (χ3n) is 6.62. The topological polar surface area (TPSA) is 113 Å². The molecule has 5 heterocycles. The SMILES string of the molecule is OC1CCN(c2ccc(-c3nc4nc(O[C@@H]5COC6C5OC[C@H]6O)[nH]c4cc3Cl)cc2)CC1. The molecule has 10 heteroatoms. The largest absolute Gasteiger partial charge is 0.456 e. The van der Waals surface area contributed by atoms with Gasteiger partial charge in [0.15, 0.2) is 11.8 Å². The number of hydrogen-bond donors (Lipinski definition) is 3. The Morgan fingerprint density at radius 3 is 2.58 bits per heavy atom. The van der Waals surface area contributed by atoms with Crippen LogP contribution in [0.25, 0.3) is 22.4 Å². The third-order valence-corrected chi connectivity index (χ3v) is 6.91. The molecule has 0 radical (unpaired) electrons. The van der Waals surface area contributed by atoms with Crippen molar-refractivity contribution in [3.05, 3.63) is 35.4 Å². The van der Waals surface area contributed by atoms with Crippen LogP contribution in [0.2, 0.25) is 5.02 Å². The maximum Gasteiger partial charge on any atom is 0.296 e. The molecule has 3 aliphatic heterocycles. The van der Waals surface area contributed by atoms with E-state index in [9.17, 15) is 10.2 Å². The van der Waals surface area contributed by atoms with Gasteiger partial charge in [0.1, 0.15) is 18.3 Å². The van der Waals surface area contributed by atoms with Crippen LogP contribution in [0.5, 0.6) is 6.01 Å². The summed E-state index contributed by atoms with van der Waals surface area (Å²) >= 11 is 6.55. The van der Waals surface area contributed by atoms with Crippen LogP contribution in [0.15, 0.2) is 30.3 Å². The molecule has 2 aromatic heterocycles. The molecule has 0 spiro atoms. The number of ether oxygens (including phenoxy) is 3. The maximum absolute atomic E-state index is 9.90. The maximum atomic E-state index is 9.90. The van der Waals surface area contributed by atoms with Crippen LogP contribution in [0.1, 0.15) is 12.8 Å². The number of imidazole rings is 1. The first-order chi connectivity index (χ1) is 16.0. The first-order valence-electron chi connectivity index (χ1n) is 11.2. The Labute approximate surface area is 195 Å². The molecule has 3 aliphatic rings. The molecule has 6 rings (SSSR count). The highest BCUT2D eigenvalue weighted by molar-refractivity contribution is 6.33. The van der Waals surface area contributed by atoms with E-state index in [0.717, 1.165) is 37.2 Å². The van der Waals surface area contributed by atoms with E-state index in [-0.39, 0.29) is 31.0 Å². The number of aliphatic hydroxyl groups is 2. The highest BCUT2D eigenvalue weighted by Crippen LogP contribution is 2.33. The number of nitrogens with one attached hydrogen (secondary N) is 1. The summed E-state index contributed by atoms with van der Waals surface area (Å²) in [6.45, 7) is 2.26. The Bertz CT molecular complexity index is 1150. The minimum absolute atomic E-state index is 0.196. The zero-order chi connectivity index (χ0) is 22.5. The average molecular weight is 473 g/mol. The molecule has 2 unspecified atom stereocenters. The number of aromatic amines is 1. The van der Waals surface area contributed by atoms with Crippen LogP contribution in [-0.4, -0.2) is 82.0 Å². The molecule has 3 N–H and O–H groups in total. The molecule has 33 heavy (non-hydrogen) atoms. The number of aromatic nitrogens is 3. The van der Waals surface area contributed by atoms with Gasteiger partial charge in [-0.2, -0.15) is 4.98 Å². The van der Waals surface area contributed by atoms with Gasteiger partial charge >= 0.3 is 0 Å². The Morgan fingerprint density at radius 1 is 1.03 bits per heavy atom. The summed E-state index contributed by atoms with van der Waals surface area (Å²) in [5.41, 5.74) is 3.84. The zero-order valence-electron chi connectivity index (χ0n) is 17.9. The Morgan fingerprint density at radius 2 is 1.79 bits per heavy atom. The lowest BCUT2D eigenvalue weighted by molar-refractivity contribution is 0.00706. The van der Waals surface area contributed by atoms with Crippen molar-refractivity contribution in [2.24, 2.45) is 0 Å². The number of pyridine rings is 1. The number of anilines is 1. The molecule has 0 bridgehead atoms. The second-order valence-electron chi connectivity index (χ2n) is 8.82. The average Bonchev–Trinajstić information content (AvgIpc) is 3.51. The van der Waals surface area contributed by atoms with Crippen LogP contribution in [0.3, 0.4) is 0 Å². The molecule has 4 atom stereocenters. The molecule has 3 fully saturated rings. The molecule has 174 valence electrons. The van der Waals surface area contributed by atoms with E-state index in [1.54, 1.807) is 6.07 Å². The van der Waals surface area contributed by atoms with Gasteiger partial charge in [0.25, 0.3) is 6.01 Å². The van der Waals surface area contributed by atoms with Crippen molar-refractivity contribution in [3.63, 3.8) is 0 Å². The summed E-state index contributed by atoms with van der Waals surface area (Å²) in [6.07, 6.45) is -0.287. The summed E-state index contributed by atoms with van der Waals surface area (Å²) in [5, 5.41) is 20.1. The van der Waals surface area contributed by atoms with Gasteiger partial charge in [-0.05, 0) is 31.0 Å². The molecular formula is C23H25ClN4O5. The van der Waals surface area contributed by atoms with E-state index in [1.807, 2.05) is 12.1 Å². The van der Waals surface area contributed by atoms with E-state index in [4.69, 9.17) is 25.8 Å². The molecule has 0 saturated carbocycles. The summed E-state index contributed by atoms with van der Waals surface area (Å²) in [4.78, 5) is 14.5. The summed E-state index contributed by atoms with van der Waals surface area (Å²) in [6, 6.07) is 10.2. The van der Waals surface area contributed by atoms with Gasteiger partial charge in [0.05, 0.1) is 35.6 Å². The molecule has 3 saturated heterocycles. The van der Waals surface area contributed by atoms with Gasteiger partial charge in [-0.1, -0.05) is 23.7 Å². The lowest BCUT2D eigenvalue weighted by Gasteiger charge is -2.31. The van der Waals surface area contributed by atoms with Crippen LogP contribution < -0.4 is 9.64 Å². The molecule has 0 amide bonds. The second-order valence-corrected chi connectivity index (χ2v) is 9.22. The Balaban J connectivity index is 1.21. The van der Waals surface area contributed by atoms with Gasteiger partial charge < -0.3 is 34.3 Å². The predicted octanol–water partition coefficient (Wildman–Crippen LogP) is 2.15. The first kappa shape index (κ1) is 21.1. The van der Waals surface area contributed by atoms with Crippen molar-refractivity contribution >= 4 is 28.5 Å². The number of hydrogen-bond acceptors (Lipinski definition) is 8. The number of halogens is 1. The van der Waals surface area contributed by atoms with E-state index in [1.165, 1.54) is 0 Å². The molecule has 9 nitrogen and oxygen atoms in total. The van der Waals surface area contributed by atoms with E-state index in [2.05, 4.69) is 32.0 Å². The Kier molecular flexibility index (Phi) is 5.38. The molecule has 3 aromatic rings. The van der Waals surface area contributed by atoms with Gasteiger partial charge in [-0.3, -0.25) is 0 Å². The van der Waals surface area contributed by atoms with E-state index in [0.29, 0.717) is 34.5 Å². The highest BCUT2D eigenvalue weighted by atomic mass is 35.5. The van der Waals surface area contributed by atoms with Gasteiger partial charge in [0.2, 0.25) is 0 Å². The lowest BCUT2D eigenvalue weighted by atomic mass is 10.1. The van der Waals surface area contributed by atoms with E-state index < -0.39 is 6.10 Å². The normalized spacial score (nSPS) is 27.9. The van der Waals surface area contributed by atoms with Crippen LogP contribution in [0, 0.1) is 0 Å². The third kappa shape index (κ3) is 3.94. The van der Waals surface area contributed by atoms with Gasteiger partial charge in [-0.25, -0.2) is 4.98 Å². The van der Waals surface area contributed by atoms with Crippen LogP contribution in [0.4, 0.5) is 5.69 Å². The fourth-order valence-corrected chi connectivity index (χ4v) is 5.06. The minimum atomic E-state index is -0.629. The fraction of sp³-hybridized carbons (Fsp3) is 0.478. The fourth-order valence-electron chi connectivity index (χ4n) is 4.80. The van der Waals surface area contributed by atoms with Gasteiger partial charge in [0, 0.05) is 24.3 Å². The van der Waals surface area contributed by atoms with Crippen molar-refractivity contribution in [1.29, 1.82) is 0 Å². The minimum Gasteiger partial charge on any atom is -0.456 e. The number of fused-ring (bicyclic) bond motifs is 2. The number of benzene rings is 1. The standard InChI is InChI=1S/C23H25ClN4O5/c24-15-9-16-22(27-23(25-16)33-18-11-32-20-17(30)10-31-21(18)20)26-19(15)12-1-3-13(4-2-12)28-7-5-14(29)6-8-28/h1-4,9,14,17-18,20-21,29-30H,5-8,10-11H2,(H,25,26,27)/t17-,18-,20?,21?/m1/s1. The number of aliphatic hydroxyl groups excluding tert-OH is 2. The molecule has 1 aromatic carbocycles. The summed E-state index contributed by atoms with van der Waals surface area (Å²) in [5.74, 6) is 0. The van der Waals surface area contributed by atoms with Crippen molar-refractivity contribution in [2.75, 3.05) is 31.2 Å². The number of piperidine rings is 1. The van der Waals surface area contributed by atoms with Crippen LogP contribution in [-0.2, 0) is 9.47 Å². The van der Waals surface area contributed by atoms with Crippen molar-refractivity contribution in [1.82, 2.24) is 15.0 Å². The monoisotopic (exact) mass is 472 g/mol. The molecule has 0 aliphatic carbocycles. The number of rotatable bonds is 4. The van der Waals surface area contributed by atoms with E-state index >= 15 is 0 Å². The first-order valence-corrected chi connectivity index (χ1v) is 11.6. The lowest BCUT2D eigenvalue weighted by Crippen LogP contribution is -2.35. The zero-order valence-corrected chi connectivity index (χ0v) is 18.6. The number of H-pyrrole nitrogens is 1. The van der Waals surface area contributed by atoms with Crippen molar-refractivity contribution in [3.8, 4) is 17.3 Å². The predicted molar refractivity (Wildman–Crippen MR) is 122 cm³/mol. The smallest absolute Gasteiger partial charge is 0.296 e. The Hall–Kier alpha value is -2.43. The molecular weight excluding hydrogens is 448 g/mol. The summed E-state index contributed by atoms with van der Waals surface area (Å²) in [7, 11) is 0. The quantitative estimate of drug-likeness (QED) is 0.529. The summed E-state index contributed by atoms with van der Waals surface area (Å²) < 4.78 is 17.2. The van der Waals surface area contributed by atoms with Crippen molar-refractivity contribution in [2.45, 2.75) is 43.4 Å². The van der Waals surface area contributed by atoms with Crippen molar-refractivity contribution < 1.29 is 24.4 Å². The van der Waals surface area contributed by atoms with Gasteiger partial charge in [-0.15, -0.1) is 0 Å². The highest BCUT2D eigenvalue weighted by Gasteiger charge is 2.48. The second kappa shape index (κ2) is 8.41. The number of nitrogens with zero attached hydrogens (tertiary/aromatic N) is 3.